The number of carbonyl (C=O) groups is 1. The largest absolute Gasteiger partial charge is 0.497 e. The van der Waals surface area contributed by atoms with E-state index in [-0.39, 0.29) is 28.4 Å². The molecule has 0 atom stereocenters. The van der Waals surface area contributed by atoms with Crippen LogP contribution < -0.4 is 37.0 Å². The van der Waals surface area contributed by atoms with Crippen LogP contribution in [-0.4, -0.2) is 47.8 Å². The van der Waals surface area contributed by atoms with Crippen LogP contribution in [0.4, 0.5) is 17.5 Å². The Hall–Kier alpha value is -4.64. The third-order valence-corrected chi connectivity index (χ3v) is 6.79. The Bertz CT molecular complexity index is 1580. The topological polar surface area (TPSA) is 159 Å². The van der Waals surface area contributed by atoms with Crippen molar-refractivity contribution in [2.24, 2.45) is 5.73 Å². The fraction of sp³-hybridized carbons (Fsp3) is 0.259. The number of rotatable bonds is 7. The zero-order valence-electron chi connectivity index (χ0n) is 21.2. The van der Waals surface area contributed by atoms with Crippen LogP contribution in [-0.2, 0) is 0 Å². The monoisotopic (exact) mass is 515 g/mol. The van der Waals surface area contributed by atoms with E-state index in [0.717, 1.165) is 25.9 Å². The van der Waals surface area contributed by atoms with Gasteiger partial charge in [0.2, 0.25) is 11.4 Å². The molecular weight excluding hydrogens is 486 g/mol. The summed E-state index contributed by atoms with van der Waals surface area (Å²) in [4.78, 5) is 34.2. The number of fused-ring (bicyclic) bond motifs is 1. The van der Waals surface area contributed by atoms with Crippen molar-refractivity contribution in [1.82, 2.24) is 19.9 Å². The Kier molecular flexibility index (Phi) is 6.84. The lowest BCUT2D eigenvalue weighted by atomic mass is 9.90. The van der Waals surface area contributed by atoms with Gasteiger partial charge < -0.3 is 31.6 Å². The van der Waals surface area contributed by atoms with Gasteiger partial charge in [-0.2, -0.15) is 4.98 Å². The van der Waals surface area contributed by atoms with Gasteiger partial charge in [-0.3, -0.25) is 14.2 Å². The van der Waals surface area contributed by atoms with E-state index in [0.29, 0.717) is 28.8 Å². The van der Waals surface area contributed by atoms with Crippen LogP contribution in [0, 0.1) is 0 Å². The SMILES string of the molecule is COc1cccc(-n2c(N)c(C(N)=O)c(=O)c3cnc(Nc4ccc(C5CCNCC5)cc4OC)nc32)c1. The first-order valence-corrected chi connectivity index (χ1v) is 12.2. The maximum absolute atomic E-state index is 13.1. The molecule has 196 valence electrons. The van der Waals surface area contributed by atoms with Crippen LogP contribution in [0.2, 0.25) is 0 Å². The van der Waals surface area contributed by atoms with Crippen LogP contribution in [0.5, 0.6) is 11.5 Å². The average molecular weight is 516 g/mol. The number of anilines is 3. The molecule has 0 aliphatic carbocycles. The van der Waals surface area contributed by atoms with Crippen LogP contribution in [0.1, 0.15) is 34.7 Å². The van der Waals surface area contributed by atoms with E-state index in [9.17, 15) is 9.59 Å². The summed E-state index contributed by atoms with van der Waals surface area (Å²) in [5, 5.41) is 6.67. The first kappa shape index (κ1) is 25.0. The van der Waals surface area contributed by atoms with Crippen molar-refractivity contribution >= 4 is 34.4 Å². The molecule has 2 aromatic carbocycles. The number of benzene rings is 2. The van der Waals surface area contributed by atoms with Crippen molar-refractivity contribution in [3.05, 3.63) is 70.0 Å². The van der Waals surface area contributed by atoms with Crippen molar-refractivity contribution in [2.45, 2.75) is 18.8 Å². The molecule has 1 saturated heterocycles. The van der Waals surface area contributed by atoms with Gasteiger partial charge in [0, 0.05) is 12.3 Å². The molecule has 0 radical (unpaired) electrons. The van der Waals surface area contributed by atoms with Crippen LogP contribution in [0.15, 0.2) is 53.5 Å². The average Bonchev–Trinajstić information content (AvgIpc) is 2.93. The van der Waals surface area contributed by atoms with Gasteiger partial charge in [-0.1, -0.05) is 12.1 Å². The smallest absolute Gasteiger partial charge is 0.256 e. The number of ether oxygens (including phenoxy) is 2. The molecule has 6 N–H and O–H groups in total. The van der Waals surface area contributed by atoms with Crippen LogP contribution in [0.25, 0.3) is 16.7 Å². The third kappa shape index (κ3) is 4.59. The second-order valence-corrected chi connectivity index (χ2v) is 9.03. The predicted octanol–water partition coefficient (Wildman–Crippen LogP) is 2.69. The van der Waals surface area contributed by atoms with Gasteiger partial charge in [0.15, 0.2) is 5.65 Å². The van der Waals surface area contributed by atoms with E-state index < -0.39 is 11.3 Å². The molecule has 5 rings (SSSR count). The van der Waals surface area contributed by atoms with Crippen molar-refractivity contribution in [3.63, 3.8) is 0 Å². The molecule has 3 heterocycles. The summed E-state index contributed by atoms with van der Waals surface area (Å²) in [5.74, 6) is 0.825. The molecule has 0 spiro atoms. The molecule has 4 aromatic rings. The van der Waals surface area contributed by atoms with Crippen molar-refractivity contribution in [2.75, 3.05) is 38.4 Å². The number of nitrogens with one attached hydrogen (secondary N) is 2. The highest BCUT2D eigenvalue weighted by atomic mass is 16.5. The molecule has 1 amide bonds. The zero-order chi connectivity index (χ0) is 26.8. The first-order valence-electron chi connectivity index (χ1n) is 12.2. The molecule has 0 bridgehead atoms. The number of primary amides is 1. The lowest BCUT2D eigenvalue weighted by Gasteiger charge is -2.24. The normalized spacial score (nSPS) is 13.8. The van der Waals surface area contributed by atoms with Gasteiger partial charge >= 0.3 is 0 Å². The van der Waals surface area contributed by atoms with E-state index in [1.54, 1.807) is 31.4 Å². The number of hydrogen-bond donors (Lipinski definition) is 4. The highest BCUT2D eigenvalue weighted by Crippen LogP contribution is 2.34. The van der Waals surface area contributed by atoms with E-state index in [1.165, 1.54) is 23.4 Å². The maximum atomic E-state index is 13.1. The first-order chi connectivity index (χ1) is 18.4. The maximum Gasteiger partial charge on any atom is 0.256 e. The van der Waals surface area contributed by atoms with Gasteiger partial charge in [-0.25, -0.2) is 4.98 Å². The van der Waals surface area contributed by atoms with Gasteiger partial charge in [0.05, 0.1) is 31.0 Å². The number of pyridine rings is 1. The quantitative estimate of drug-likeness (QED) is 0.290. The molecule has 11 nitrogen and oxygen atoms in total. The van der Waals surface area contributed by atoms with Gasteiger partial charge in [-0.05, 0) is 61.7 Å². The molecule has 2 aromatic heterocycles. The Labute approximate surface area is 218 Å². The molecular formula is C27H29N7O4. The molecule has 38 heavy (non-hydrogen) atoms. The molecule has 0 saturated carbocycles. The summed E-state index contributed by atoms with van der Waals surface area (Å²) in [7, 11) is 3.15. The second-order valence-electron chi connectivity index (χ2n) is 9.03. The third-order valence-electron chi connectivity index (χ3n) is 6.79. The Morgan fingerprint density at radius 2 is 1.92 bits per heavy atom. The standard InChI is InChI=1S/C27H29N7O4/c1-37-18-5-3-4-17(13-18)34-24(28)22(25(29)36)23(35)19-14-31-27(33-26(19)34)32-20-7-6-16(12-21(20)38-2)15-8-10-30-11-9-15/h3-7,12-15,30H,8-11,28H2,1-2H3,(H2,29,36)(H,31,32,33). The minimum Gasteiger partial charge on any atom is -0.497 e. The number of amides is 1. The number of nitrogens with two attached hydrogens (primary N) is 2. The number of aromatic nitrogens is 3. The number of hydrogen-bond acceptors (Lipinski definition) is 9. The van der Waals surface area contributed by atoms with Crippen LogP contribution in [0.3, 0.4) is 0 Å². The van der Waals surface area contributed by atoms with Crippen LogP contribution >= 0.6 is 0 Å². The summed E-state index contributed by atoms with van der Waals surface area (Å²) in [6, 6.07) is 13.0. The minimum absolute atomic E-state index is 0.0922. The minimum atomic E-state index is -0.938. The number of piperidine rings is 1. The van der Waals surface area contributed by atoms with E-state index in [4.69, 9.17) is 20.9 Å². The van der Waals surface area contributed by atoms with Gasteiger partial charge in [0.1, 0.15) is 22.9 Å². The van der Waals surface area contributed by atoms with E-state index >= 15 is 0 Å². The van der Waals surface area contributed by atoms with E-state index in [1.807, 2.05) is 12.1 Å². The number of nitrogens with zero attached hydrogens (tertiary/aromatic N) is 3. The predicted molar refractivity (Wildman–Crippen MR) is 146 cm³/mol. The zero-order valence-corrected chi connectivity index (χ0v) is 21.2. The summed E-state index contributed by atoms with van der Waals surface area (Å²) in [6.07, 6.45) is 3.49. The summed E-state index contributed by atoms with van der Waals surface area (Å²) in [6.45, 7) is 1.99. The summed E-state index contributed by atoms with van der Waals surface area (Å²) in [5.41, 5.74) is 13.5. The highest BCUT2D eigenvalue weighted by Gasteiger charge is 2.22. The molecule has 0 unspecified atom stereocenters. The number of carbonyl (C=O) groups excluding carboxylic acids is 1. The van der Waals surface area contributed by atoms with Crippen molar-refractivity contribution in [3.8, 4) is 17.2 Å². The highest BCUT2D eigenvalue weighted by molar-refractivity contribution is 6.01. The van der Waals surface area contributed by atoms with Gasteiger partial charge in [-0.15, -0.1) is 0 Å². The lowest BCUT2D eigenvalue weighted by molar-refractivity contribution is 0.1000. The Balaban J connectivity index is 1.62. The summed E-state index contributed by atoms with van der Waals surface area (Å²) < 4.78 is 12.5. The van der Waals surface area contributed by atoms with Crippen molar-refractivity contribution in [1.29, 1.82) is 0 Å². The molecule has 1 aliphatic rings. The lowest BCUT2D eigenvalue weighted by Crippen LogP contribution is -2.27. The Morgan fingerprint density at radius 3 is 2.63 bits per heavy atom. The fourth-order valence-corrected chi connectivity index (χ4v) is 4.83. The number of methoxy groups -OCH3 is 2. The van der Waals surface area contributed by atoms with E-state index in [2.05, 4.69) is 26.7 Å². The number of nitrogen functional groups attached to an aromatic ring is 1. The molecule has 11 heteroatoms. The Morgan fingerprint density at radius 1 is 1.13 bits per heavy atom. The molecule has 1 fully saturated rings. The molecule has 1 aliphatic heterocycles. The van der Waals surface area contributed by atoms with Crippen molar-refractivity contribution < 1.29 is 14.3 Å². The van der Waals surface area contributed by atoms with Gasteiger partial charge in [0.25, 0.3) is 5.91 Å². The fourth-order valence-electron chi connectivity index (χ4n) is 4.83. The summed E-state index contributed by atoms with van der Waals surface area (Å²) >= 11 is 0. The second kappa shape index (κ2) is 10.4.